The molecule has 0 radical (unpaired) electrons. The molecule has 0 saturated carbocycles. The molecule has 75 heavy (non-hydrogen) atoms. The van der Waals surface area contributed by atoms with Gasteiger partial charge in [-0.1, -0.05) is 263 Å². The quantitative estimate of drug-likeness (QED) is 0.0195. The highest BCUT2D eigenvalue weighted by molar-refractivity contribution is 5.76. The van der Waals surface area contributed by atoms with E-state index in [1.165, 1.54) is 225 Å². The van der Waals surface area contributed by atoms with E-state index in [4.69, 9.17) is 14.2 Å². The van der Waals surface area contributed by atoms with Gasteiger partial charge in [0.25, 0.3) is 0 Å². The largest absolute Gasteiger partial charge is 0.466 e. The Bertz CT molecular complexity index is 1300. The van der Waals surface area contributed by atoms with Gasteiger partial charge in [-0.05, 0) is 57.8 Å². The van der Waals surface area contributed by atoms with E-state index >= 15 is 0 Å². The third kappa shape index (κ3) is 43.7. The van der Waals surface area contributed by atoms with E-state index in [1.54, 1.807) is 6.08 Å². The Hall–Kier alpha value is -1.86. The zero-order valence-electron chi connectivity index (χ0n) is 48.8. The number of nitrogens with one attached hydrogen (secondary N) is 1. The van der Waals surface area contributed by atoms with Gasteiger partial charge in [0.1, 0.15) is 24.4 Å². The lowest BCUT2D eigenvalue weighted by atomic mass is 9.99. The number of aliphatic hydroxyl groups is 5. The van der Waals surface area contributed by atoms with Crippen LogP contribution < -0.4 is 5.32 Å². The second kappa shape index (κ2) is 54.1. The summed E-state index contributed by atoms with van der Waals surface area (Å²) in [7, 11) is 0. The highest BCUT2D eigenvalue weighted by Gasteiger charge is 2.44. The van der Waals surface area contributed by atoms with Gasteiger partial charge in [-0.25, -0.2) is 0 Å². The van der Waals surface area contributed by atoms with Gasteiger partial charge in [-0.2, -0.15) is 0 Å². The van der Waals surface area contributed by atoms with Gasteiger partial charge >= 0.3 is 5.97 Å². The van der Waals surface area contributed by atoms with Crippen LogP contribution in [-0.4, -0.2) is 100 Å². The van der Waals surface area contributed by atoms with Crippen molar-refractivity contribution in [2.75, 3.05) is 19.8 Å². The van der Waals surface area contributed by atoms with Gasteiger partial charge in [0.05, 0.1) is 32.0 Å². The van der Waals surface area contributed by atoms with Crippen LogP contribution >= 0.6 is 0 Å². The van der Waals surface area contributed by atoms with Crippen LogP contribution in [0.1, 0.15) is 309 Å². The van der Waals surface area contributed by atoms with Crippen molar-refractivity contribution in [1.82, 2.24) is 5.32 Å². The average molecular weight is 1060 g/mol. The predicted molar refractivity (Wildman–Crippen MR) is 311 cm³/mol. The molecule has 7 atom stereocenters. The minimum Gasteiger partial charge on any atom is -0.466 e. The molecule has 0 aromatic carbocycles. The molecule has 0 aromatic heterocycles. The molecule has 1 heterocycles. The summed E-state index contributed by atoms with van der Waals surface area (Å²) in [4.78, 5) is 25.1. The zero-order chi connectivity index (χ0) is 54.5. The lowest BCUT2D eigenvalue weighted by molar-refractivity contribution is -0.302. The van der Waals surface area contributed by atoms with Gasteiger partial charge in [0, 0.05) is 12.8 Å². The van der Waals surface area contributed by atoms with Crippen LogP contribution in [0, 0.1) is 0 Å². The SMILES string of the molecule is CCCCCCCC/C=C\CCCCCCCCCC(=O)OCCCCCCCCCCCCCCCCCCCCCCCC(=O)NC(COC1OC(CO)C(O)C(O)C1O)C(O)/C=C/CCCCCCCCC. The van der Waals surface area contributed by atoms with Crippen LogP contribution in [0.5, 0.6) is 0 Å². The summed E-state index contributed by atoms with van der Waals surface area (Å²) in [6, 6.07) is -0.809. The number of amides is 1. The van der Waals surface area contributed by atoms with Crippen LogP contribution in [0.3, 0.4) is 0 Å². The summed E-state index contributed by atoms with van der Waals surface area (Å²) < 4.78 is 16.7. The van der Waals surface area contributed by atoms with Crippen molar-refractivity contribution >= 4 is 11.9 Å². The number of rotatable bonds is 56. The molecule has 6 N–H and O–H groups in total. The molecular formula is C64H121NO10. The summed E-state index contributed by atoms with van der Waals surface area (Å²) in [5.74, 6) is -0.188. The molecular weight excluding hydrogens is 943 g/mol. The van der Waals surface area contributed by atoms with Crippen molar-refractivity contribution in [2.24, 2.45) is 0 Å². The van der Waals surface area contributed by atoms with Crippen LogP contribution in [0.4, 0.5) is 0 Å². The monoisotopic (exact) mass is 1060 g/mol. The van der Waals surface area contributed by atoms with Gasteiger partial charge < -0.3 is 45.1 Å². The second-order valence-electron chi connectivity index (χ2n) is 22.5. The van der Waals surface area contributed by atoms with Crippen LogP contribution in [0.25, 0.3) is 0 Å². The van der Waals surface area contributed by atoms with Crippen LogP contribution in [0.2, 0.25) is 0 Å². The van der Waals surface area contributed by atoms with Gasteiger partial charge in [0.2, 0.25) is 5.91 Å². The van der Waals surface area contributed by atoms with E-state index in [-0.39, 0.29) is 18.5 Å². The van der Waals surface area contributed by atoms with Crippen molar-refractivity contribution in [1.29, 1.82) is 0 Å². The second-order valence-corrected chi connectivity index (χ2v) is 22.5. The lowest BCUT2D eigenvalue weighted by Gasteiger charge is -2.40. The number of unbranched alkanes of at least 4 members (excludes halogenated alkanes) is 40. The zero-order valence-corrected chi connectivity index (χ0v) is 48.8. The first-order chi connectivity index (χ1) is 36.7. The minimum atomic E-state index is -1.57. The Balaban J connectivity index is 1.96. The molecule has 7 unspecified atom stereocenters. The highest BCUT2D eigenvalue weighted by Crippen LogP contribution is 2.23. The molecule has 1 aliphatic rings. The molecule has 11 nitrogen and oxygen atoms in total. The van der Waals surface area contributed by atoms with Crippen molar-refractivity contribution in [2.45, 2.75) is 352 Å². The lowest BCUT2D eigenvalue weighted by Crippen LogP contribution is -2.60. The highest BCUT2D eigenvalue weighted by atomic mass is 16.7. The Morgan fingerprint density at radius 2 is 0.853 bits per heavy atom. The number of carbonyl (C=O) groups is 2. The Morgan fingerprint density at radius 1 is 0.480 bits per heavy atom. The van der Waals surface area contributed by atoms with Crippen LogP contribution in [-0.2, 0) is 23.8 Å². The van der Waals surface area contributed by atoms with Gasteiger partial charge in [-0.15, -0.1) is 0 Å². The molecule has 1 fully saturated rings. The first kappa shape index (κ1) is 71.2. The maximum atomic E-state index is 13.0. The molecule has 0 bridgehead atoms. The fourth-order valence-corrected chi connectivity index (χ4v) is 10.2. The molecule has 0 aromatic rings. The number of hydrogen-bond acceptors (Lipinski definition) is 10. The van der Waals surface area contributed by atoms with Gasteiger partial charge in [-0.3, -0.25) is 9.59 Å². The minimum absolute atomic E-state index is 0.00423. The van der Waals surface area contributed by atoms with Crippen molar-refractivity contribution in [3.8, 4) is 0 Å². The van der Waals surface area contributed by atoms with E-state index < -0.39 is 49.5 Å². The third-order valence-electron chi connectivity index (χ3n) is 15.3. The fraction of sp³-hybridized carbons (Fsp3) is 0.906. The molecule has 1 saturated heterocycles. The normalized spacial score (nSPS) is 18.8. The number of allylic oxidation sites excluding steroid dienone is 3. The Labute approximate surface area is 461 Å². The fourth-order valence-electron chi connectivity index (χ4n) is 10.2. The Morgan fingerprint density at radius 3 is 1.28 bits per heavy atom. The van der Waals surface area contributed by atoms with Crippen LogP contribution in [0.15, 0.2) is 24.3 Å². The number of aliphatic hydroxyl groups excluding tert-OH is 5. The van der Waals surface area contributed by atoms with E-state index in [9.17, 15) is 35.1 Å². The van der Waals surface area contributed by atoms with E-state index in [0.717, 1.165) is 57.8 Å². The molecule has 442 valence electrons. The summed E-state index contributed by atoms with van der Waals surface area (Å²) in [5, 5.41) is 54.2. The topological polar surface area (TPSA) is 175 Å². The summed E-state index contributed by atoms with van der Waals surface area (Å²) >= 11 is 0. The number of esters is 1. The smallest absolute Gasteiger partial charge is 0.305 e. The van der Waals surface area contributed by atoms with Crippen molar-refractivity contribution in [3.05, 3.63) is 24.3 Å². The molecule has 0 spiro atoms. The number of ether oxygens (including phenoxy) is 3. The standard InChI is InChI=1S/C64H121NO10/c1-3-5-7-9-11-13-14-15-16-22-26-29-32-36-40-44-48-52-60(69)73-53-49-45-41-37-33-30-27-24-21-19-17-18-20-23-25-28-31-35-39-43-47-51-59(68)65-56(57(67)50-46-42-38-34-12-10-8-6-4-2)55-74-64-63(72)62(71)61(70)58(54-66)75-64/h15-16,46,50,56-58,61-64,66-67,70-72H,3-14,17-45,47-49,51-55H2,1-2H3,(H,65,68)/b16-15-,50-46+. The maximum Gasteiger partial charge on any atom is 0.305 e. The molecule has 11 heteroatoms. The number of carbonyl (C=O) groups excluding carboxylic acids is 2. The number of hydrogen-bond donors (Lipinski definition) is 6. The molecule has 0 aliphatic carbocycles. The van der Waals surface area contributed by atoms with Crippen molar-refractivity contribution in [3.63, 3.8) is 0 Å². The summed E-state index contributed by atoms with van der Waals surface area (Å²) in [6.07, 6.45) is 55.8. The molecule has 1 aliphatic heterocycles. The average Bonchev–Trinajstić information content (AvgIpc) is 3.41. The van der Waals surface area contributed by atoms with E-state index in [2.05, 4.69) is 31.3 Å². The predicted octanol–water partition coefficient (Wildman–Crippen LogP) is 15.3. The Kier molecular flexibility index (Phi) is 51.3. The maximum absolute atomic E-state index is 13.0. The first-order valence-electron chi connectivity index (χ1n) is 32.1. The van der Waals surface area contributed by atoms with E-state index in [1.807, 2.05) is 6.08 Å². The summed E-state index contributed by atoms with van der Waals surface area (Å²) in [6.45, 7) is 4.32. The third-order valence-corrected chi connectivity index (χ3v) is 15.3. The summed E-state index contributed by atoms with van der Waals surface area (Å²) in [5.41, 5.74) is 0. The van der Waals surface area contributed by atoms with Crippen molar-refractivity contribution < 1.29 is 49.3 Å². The molecule has 1 amide bonds. The van der Waals surface area contributed by atoms with E-state index in [0.29, 0.717) is 19.4 Å². The first-order valence-corrected chi connectivity index (χ1v) is 32.1. The van der Waals surface area contributed by atoms with Gasteiger partial charge in [0.15, 0.2) is 6.29 Å². The molecule has 1 rings (SSSR count).